The molecule has 3 rings (SSSR count). The Balaban J connectivity index is 1.67. The van der Waals surface area contributed by atoms with E-state index in [2.05, 4.69) is 10.1 Å². The SMILES string of the molecule is OC1CCc2nc(CC3CCCOC3)nn2C1. The van der Waals surface area contributed by atoms with Gasteiger partial charge in [-0.2, -0.15) is 5.10 Å². The highest BCUT2D eigenvalue weighted by atomic mass is 16.5. The van der Waals surface area contributed by atoms with Crippen LogP contribution in [0.5, 0.6) is 0 Å². The average molecular weight is 237 g/mol. The molecule has 3 heterocycles. The van der Waals surface area contributed by atoms with Crippen LogP contribution in [0.3, 0.4) is 0 Å². The van der Waals surface area contributed by atoms with E-state index in [9.17, 15) is 5.11 Å². The molecule has 1 fully saturated rings. The van der Waals surface area contributed by atoms with Crippen molar-refractivity contribution in [1.29, 1.82) is 0 Å². The summed E-state index contributed by atoms with van der Waals surface area (Å²) < 4.78 is 7.34. The van der Waals surface area contributed by atoms with Crippen molar-refractivity contribution in [2.45, 2.75) is 44.8 Å². The molecule has 2 aliphatic heterocycles. The first-order chi connectivity index (χ1) is 8.31. The summed E-state index contributed by atoms with van der Waals surface area (Å²) in [5.74, 6) is 2.52. The summed E-state index contributed by atoms with van der Waals surface area (Å²) in [5, 5.41) is 14.1. The molecule has 1 aromatic rings. The lowest BCUT2D eigenvalue weighted by atomic mass is 9.98. The van der Waals surface area contributed by atoms with E-state index < -0.39 is 0 Å². The quantitative estimate of drug-likeness (QED) is 0.816. The normalized spacial score (nSPS) is 29.0. The lowest BCUT2D eigenvalue weighted by molar-refractivity contribution is 0.0542. The van der Waals surface area contributed by atoms with Gasteiger partial charge >= 0.3 is 0 Å². The van der Waals surface area contributed by atoms with Gasteiger partial charge in [0.15, 0.2) is 5.82 Å². The van der Waals surface area contributed by atoms with Gasteiger partial charge in [-0.15, -0.1) is 0 Å². The number of aliphatic hydroxyl groups is 1. The topological polar surface area (TPSA) is 60.2 Å². The van der Waals surface area contributed by atoms with Crippen LogP contribution in [0.25, 0.3) is 0 Å². The molecule has 2 atom stereocenters. The summed E-state index contributed by atoms with van der Waals surface area (Å²) in [5.41, 5.74) is 0. The van der Waals surface area contributed by atoms with Crippen molar-refractivity contribution in [1.82, 2.24) is 14.8 Å². The van der Waals surface area contributed by atoms with E-state index in [1.54, 1.807) is 0 Å². The second-order valence-electron chi connectivity index (χ2n) is 5.11. The second-order valence-corrected chi connectivity index (χ2v) is 5.11. The van der Waals surface area contributed by atoms with Crippen LogP contribution in [0.2, 0.25) is 0 Å². The number of hydrogen-bond acceptors (Lipinski definition) is 4. The van der Waals surface area contributed by atoms with Crippen LogP contribution >= 0.6 is 0 Å². The van der Waals surface area contributed by atoms with Gasteiger partial charge in [-0.1, -0.05) is 0 Å². The smallest absolute Gasteiger partial charge is 0.151 e. The van der Waals surface area contributed by atoms with Crippen molar-refractivity contribution in [3.05, 3.63) is 11.6 Å². The summed E-state index contributed by atoms with van der Waals surface area (Å²) >= 11 is 0. The molecule has 0 saturated carbocycles. The van der Waals surface area contributed by atoms with Crippen molar-refractivity contribution < 1.29 is 9.84 Å². The molecule has 0 radical (unpaired) electrons. The number of nitrogens with zero attached hydrogens (tertiary/aromatic N) is 3. The maximum Gasteiger partial charge on any atom is 0.151 e. The third kappa shape index (κ3) is 2.50. The first-order valence-electron chi connectivity index (χ1n) is 6.49. The van der Waals surface area contributed by atoms with Crippen molar-refractivity contribution >= 4 is 0 Å². The Morgan fingerprint density at radius 1 is 1.41 bits per heavy atom. The Morgan fingerprint density at radius 2 is 2.35 bits per heavy atom. The van der Waals surface area contributed by atoms with Gasteiger partial charge in [0.25, 0.3) is 0 Å². The van der Waals surface area contributed by atoms with E-state index >= 15 is 0 Å². The van der Waals surface area contributed by atoms with E-state index in [-0.39, 0.29) is 6.10 Å². The Labute approximate surface area is 101 Å². The van der Waals surface area contributed by atoms with Crippen molar-refractivity contribution in [2.24, 2.45) is 5.92 Å². The standard InChI is InChI=1S/C12H19N3O2/c16-10-3-4-12-13-11(14-15(12)7-10)6-9-2-1-5-17-8-9/h9-10,16H,1-8H2. The minimum Gasteiger partial charge on any atom is -0.391 e. The van der Waals surface area contributed by atoms with Gasteiger partial charge in [0.2, 0.25) is 0 Å². The minimum atomic E-state index is -0.255. The van der Waals surface area contributed by atoms with Crippen LogP contribution in [0.15, 0.2) is 0 Å². The Morgan fingerprint density at radius 3 is 3.18 bits per heavy atom. The molecule has 2 aliphatic rings. The van der Waals surface area contributed by atoms with E-state index in [0.29, 0.717) is 12.5 Å². The van der Waals surface area contributed by atoms with Gasteiger partial charge in [-0.25, -0.2) is 9.67 Å². The first-order valence-corrected chi connectivity index (χ1v) is 6.49. The molecule has 1 N–H and O–H groups in total. The van der Waals surface area contributed by atoms with Gasteiger partial charge in [-0.3, -0.25) is 0 Å². The molecule has 5 heteroatoms. The number of ether oxygens (including phenoxy) is 1. The fraction of sp³-hybridized carbons (Fsp3) is 0.833. The minimum absolute atomic E-state index is 0.255. The third-order valence-electron chi connectivity index (χ3n) is 3.60. The Hall–Kier alpha value is -0.940. The van der Waals surface area contributed by atoms with Crippen molar-refractivity contribution in [3.63, 3.8) is 0 Å². The van der Waals surface area contributed by atoms with Gasteiger partial charge < -0.3 is 9.84 Å². The summed E-state index contributed by atoms with van der Waals surface area (Å²) in [6.07, 6.45) is 4.68. The molecular formula is C12H19N3O2. The van der Waals surface area contributed by atoms with Crippen LogP contribution in [0.4, 0.5) is 0 Å². The summed E-state index contributed by atoms with van der Waals surface area (Å²) in [6.45, 7) is 2.34. The number of fused-ring (bicyclic) bond motifs is 1. The van der Waals surface area contributed by atoms with Crippen molar-refractivity contribution in [3.8, 4) is 0 Å². The number of aromatic nitrogens is 3. The molecular weight excluding hydrogens is 218 g/mol. The molecule has 0 aromatic carbocycles. The Bertz CT molecular complexity index is 385. The van der Waals surface area contributed by atoms with Gasteiger partial charge in [0.05, 0.1) is 12.6 Å². The highest BCUT2D eigenvalue weighted by Gasteiger charge is 2.22. The van der Waals surface area contributed by atoms with Crippen LogP contribution in [0.1, 0.15) is 30.9 Å². The molecule has 0 spiro atoms. The summed E-state index contributed by atoms with van der Waals surface area (Å²) in [6, 6.07) is 0. The van der Waals surface area contributed by atoms with Crippen LogP contribution < -0.4 is 0 Å². The highest BCUT2D eigenvalue weighted by Crippen LogP contribution is 2.19. The molecule has 0 bridgehead atoms. The molecule has 94 valence electrons. The van der Waals surface area contributed by atoms with E-state index in [1.165, 1.54) is 6.42 Å². The molecule has 0 aliphatic carbocycles. The molecule has 0 amide bonds. The molecule has 1 aromatic heterocycles. The van der Waals surface area contributed by atoms with Crippen molar-refractivity contribution in [2.75, 3.05) is 13.2 Å². The van der Waals surface area contributed by atoms with Crippen LogP contribution in [-0.4, -0.2) is 39.2 Å². The maximum atomic E-state index is 9.58. The number of hydrogen-bond donors (Lipinski definition) is 1. The monoisotopic (exact) mass is 237 g/mol. The fourth-order valence-corrected chi connectivity index (χ4v) is 2.66. The van der Waals surface area contributed by atoms with Gasteiger partial charge in [0.1, 0.15) is 5.82 Å². The third-order valence-corrected chi connectivity index (χ3v) is 3.60. The molecule has 1 saturated heterocycles. The number of rotatable bonds is 2. The van der Waals surface area contributed by atoms with Crippen LogP contribution in [-0.2, 0) is 24.1 Å². The average Bonchev–Trinajstić information content (AvgIpc) is 2.71. The van der Waals surface area contributed by atoms with Crippen LogP contribution in [0, 0.1) is 5.92 Å². The lowest BCUT2D eigenvalue weighted by Crippen LogP contribution is -2.25. The number of aliphatic hydroxyl groups excluding tert-OH is 1. The first kappa shape index (κ1) is 11.2. The van der Waals surface area contributed by atoms with Gasteiger partial charge in [0, 0.05) is 26.1 Å². The molecule has 2 unspecified atom stereocenters. The molecule has 17 heavy (non-hydrogen) atoms. The summed E-state index contributed by atoms with van der Waals surface area (Å²) in [7, 11) is 0. The largest absolute Gasteiger partial charge is 0.391 e. The second kappa shape index (κ2) is 4.74. The number of aryl methyl sites for hydroxylation is 1. The van der Waals surface area contributed by atoms with E-state index in [1.807, 2.05) is 4.68 Å². The fourth-order valence-electron chi connectivity index (χ4n) is 2.66. The van der Waals surface area contributed by atoms with Gasteiger partial charge in [-0.05, 0) is 25.2 Å². The van der Waals surface area contributed by atoms with E-state index in [4.69, 9.17) is 4.74 Å². The zero-order chi connectivity index (χ0) is 11.7. The zero-order valence-electron chi connectivity index (χ0n) is 10.0. The lowest BCUT2D eigenvalue weighted by Gasteiger charge is -2.20. The molecule has 5 nitrogen and oxygen atoms in total. The summed E-state index contributed by atoms with van der Waals surface area (Å²) in [4.78, 5) is 4.56. The van der Waals surface area contributed by atoms with E-state index in [0.717, 1.165) is 50.5 Å². The predicted octanol–water partition coefficient (Wildman–Crippen LogP) is 0.554. The highest BCUT2D eigenvalue weighted by molar-refractivity contribution is 4.98. The predicted molar refractivity (Wildman–Crippen MR) is 61.6 cm³/mol. The maximum absolute atomic E-state index is 9.58. The zero-order valence-corrected chi connectivity index (χ0v) is 10.0. The Kier molecular flexibility index (Phi) is 3.11.